The van der Waals surface area contributed by atoms with Gasteiger partial charge in [0.15, 0.2) is 15.9 Å². The smallest absolute Gasteiger partial charge is 0.309 e. The first-order valence-electron chi connectivity index (χ1n) is 10.3. The van der Waals surface area contributed by atoms with Crippen LogP contribution in [0.25, 0.3) is 0 Å². The van der Waals surface area contributed by atoms with Crippen molar-refractivity contribution in [2.45, 2.75) is 50.2 Å². The van der Waals surface area contributed by atoms with E-state index in [1.165, 1.54) is 11.2 Å². The molecule has 9 nitrogen and oxygen atoms in total. The van der Waals surface area contributed by atoms with Crippen molar-refractivity contribution in [1.82, 2.24) is 9.62 Å². The first-order chi connectivity index (χ1) is 14.5. The monoisotopic (exact) mass is 472 g/mol. The molecule has 11 heteroatoms. The number of hydrogen-bond donors (Lipinski definition) is 1. The van der Waals surface area contributed by atoms with E-state index in [2.05, 4.69) is 5.32 Å². The molecule has 0 bridgehead atoms. The molecular formula is C20H28N2O7S2. The van der Waals surface area contributed by atoms with Crippen LogP contribution in [0.4, 0.5) is 0 Å². The SMILES string of the molecule is Cc1ccc(S(=O)(=O)N2CCC(C(=O)OC(C)C(=O)NC3CCS(=O)(=O)C3)CC2)cc1. The van der Waals surface area contributed by atoms with Crippen molar-refractivity contribution >= 4 is 31.7 Å². The fourth-order valence-electron chi connectivity index (χ4n) is 3.74. The molecule has 0 aliphatic carbocycles. The van der Waals surface area contributed by atoms with Gasteiger partial charge in [0.05, 0.1) is 22.3 Å². The van der Waals surface area contributed by atoms with Crippen LogP contribution in [0.3, 0.4) is 0 Å². The Balaban J connectivity index is 1.49. The molecule has 2 fully saturated rings. The quantitative estimate of drug-likeness (QED) is 0.602. The molecule has 0 saturated carbocycles. The van der Waals surface area contributed by atoms with E-state index in [9.17, 15) is 26.4 Å². The van der Waals surface area contributed by atoms with Crippen molar-refractivity contribution in [2.75, 3.05) is 24.6 Å². The zero-order valence-corrected chi connectivity index (χ0v) is 19.2. The Hall–Kier alpha value is -1.98. The average molecular weight is 473 g/mol. The van der Waals surface area contributed by atoms with Crippen LogP contribution in [-0.2, 0) is 34.2 Å². The number of nitrogens with zero attached hydrogens (tertiary/aromatic N) is 1. The number of sulfonamides is 1. The number of piperidine rings is 1. The summed E-state index contributed by atoms with van der Waals surface area (Å²) in [6, 6.07) is 6.16. The lowest BCUT2D eigenvalue weighted by Crippen LogP contribution is -2.44. The number of amides is 1. The number of benzene rings is 1. The van der Waals surface area contributed by atoms with Gasteiger partial charge in [-0.2, -0.15) is 4.31 Å². The molecule has 0 aromatic heterocycles. The summed E-state index contributed by atoms with van der Waals surface area (Å²) in [4.78, 5) is 24.9. The van der Waals surface area contributed by atoms with Crippen LogP contribution >= 0.6 is 0 Å². The number of carbonyl (C=O) groups excluding carboxylic acids is 2. The average Bonchev–Trinajstić information content (AvgIpc) is 3.06. The summed E-state index contributed by atoms with van der Waals surface area (Å²) in [6.45, 7) is 3.70. The van der Waals surface area contributed by atoms with Crippen LogP contribution in [0, 0.1) is 12.8 Å². The maximum absolute atomic E-state index is 12.8. The Morgan fingerprint density at radius 1 is 1.13 bits per heavy atom. The van der Waals surface area contributed by atoms with Gasteiger partial charge in [0, 0.05) is 19.1 Å². The van der Waals surface area contributed by atoms with E-state index >= 15 is 0 Å². The highest BCUT2D eigenvalue weighted by Gasteiger charge is 2.35. The topological polar surface area (TPSA) is 127 Å². The minimum absolute atomic E-state index is 0.0379. The standard InChI is InChI=1S/C20H28N2O7S2/c1-14-3-5-18(6-4-14)31(27,28)22-10-7-16(8-11-22)20(24)29-15(2)19(23)21-17-9-12-30(25,26)13-17/h3-6,15-17H,7-13H2,1-2H3,(H,21,23). The second-order valence-electron chi connectivity index (χ2n) is 8.18. The number of ether oxygens (including phenoxy) is 1. The van der Waals surface area contributed by atoms with Gasteiger partial charge >= 0.3 is 5.97 Å². The van der Waals surface area contributed by atoms with Crippen LogP contribution in [-0.4, -0.2) is 69.8 Å². The summed E-state index contributed by atoms with van der Waals surface area (Å²) in [5.41, 5.74) is 0.966. The summed E-state index contributed by atoms with van der Waals surface area (Å²) >= 11 is 0. The molecule has 2 unspecified atom stereocenters. The molecule has 3 rings (SSSR count). The molecule has 2 aliphatic rings. The van der Waals surface area contributed by atoms with Crippen LogP contribution in [0.5, 0.6) is 0 Å². The number of rotatable bonds is 6. The third-order valence-corrected chi connectivity index (χ3v) is 9.37. The Bertz CT molecular complexity index is 1030. The van der Waals surface area contributed by atoms with E-state index in [-0.39, 0.29) is 29.5 Å². The fourth-order valence-corrected chi connectivity index (χ4v) is 6.89. The molecule has 172 valence electrons. The van der Waals surface area contributed by atoms with Crippen molar-refractivity contribution in [3.8, 4) is 0 Å². The highest BCUT2D eigenvalue weighted by atomic mass is 32.2. The Morgan fingerprint density at radius 3 is 2.29 bits per heavy atom. The van der Waals surface area contributed by atoms with Gasteiger partial charge in [0.2, 0.25) is 10.0 Å². The fraction of sp³-hybridized carbons (Fsp3) is 0.600. The van der Waals surface area contributed by atoms with Gasteiger partial charge in [-0.1, -0.05) is 17.7 Å². The zero-order valence-electron chi connectivity index (χ0n) is 17.6. The first kappa shape index (κ1) is 23.7. The number of hydrogen-bond acceptors (Lipinski definition) is 7. The molecule has 1 amide bonds. The van der Waals surface area contributed by atoms with Crippen molar-refractivity contribution in [1.29, 1.82) is 0 Å². The van der Waals surface area contributed by atoms with Gasteiger partial charge in [0.25, 0.3) is 5.91 Å². The van der Waals surface area contributed by atoms with Gasteiger partial charge in [-0.3, -0.25) is 9.59 Å². The first-order valence-corrected chi connectivity index (χ1v) is 13.5. The molecule has 2 atom stereocenters. The second kappa shape index (κ2) is 9.25. The lowest BCUT2D eigenvalue weighted by atomic mass is 9.98. The predicted molar refractivity (Wildman–Crippen MR) is 113 cm³/mol. The van der Waals surface area contributed by atoms with Crippen LogP contribution in [0.1, 0.15) is 31.7 Å². The summed E-state index contributed by atoms with van der Waals surface area (Å²) in [5, 5.41) is 2.61. The predicted octanol–water partition coefficient (Wildman–Crippen LogP) is 0.631. The third-order valence-electron chi connectivity index (χ3n) is 5.69. The number of aryl methyl sites for hydroxylation is 1. The van der Waals surface area contributed by atoms with Crippen molar-refractivity contribution in [3.05, 3.63) is 29.8 Å². The molecule has 1 N–H and O–H groups in total. The van der Waals surface area contributed by atoms with E-state index in [4.69, 9.17) is 4.74 Å². The summed E-state index contributed by atoms with van der Waals surface area (Å²) in [5.74, 6) is -1.64. The third kappa shape index (κ3) is 5.83. The van der Waals surface area contributed by atoms with Gasteiger partial charge in [-0.25, -0.2) is 16.8 Å². The lowest BCUT2D eigenvalue weighted by Gasteiger charge is -2.30. The van der Waals surface area contributed by atoms with Crippen molar-refractivity contribution < 1.29 is 31.2 Å². The van der Waals surface area contributed by atoms with Gasteiger partial charge in [-0.15, -0.1) is 0 Å². The minimum Gasteiger partial charge on any atom is -0.452 e. The van der Waals surface area contributed by atoms with Crippen LogP contribution < -0.4 is 5.32 Å². The van der Waals surface area contributed by atoms with Crippen molar-refractivity contribution in [3.63, 3.8) is 0 Å². The summed E-state index contributed by atoms with van der Waals surface area (Å²) in [6.07, 6.45) is -0.0916. The molecule has 2 heterocycles. The molecule has 1 aromatic rings. The normalized spacial score (nSPS) is 23.2. The zero-order chi connectivity index (χ0) is 22.8. The van der Waals surface area contributed by atoms with E-state index in [1.54, 1.807) is 24.3 Å². The van der Waals surface area contributed by atoms with E-state index in [0.29, 0.717) is 19.3 Å². The number of sulfone groups is 1. The molecule has 2 saturated heterocycles. The number of nitrogens with one attached hydrogen (secondary N) is 1. The number of carbonyl (C=O) groups is 2. The second-order valence-corrected chi connectivity index (χ2v) is 12.3. The molecular weight excluding hydrogens is 444 g/mol. The molecule has 0 radical (unpaired) electrons. The molecule has 2 aliphatic heterocycles. The van der Waals surface area contributed by atoms with E-state index in [0.717, 1.165) is 5.56 Å². The van der Waals surface area contributed by atoms with Crippen LogP contribution in [0.2, 0.25) is 0 Å². The van der Waals surface area contributed by atoms with Crippen molar-refractivity contribution in [2.24, 2.45) is 5.92 Å². The lowest BCUT2D eigenvalue weighted by molar-refractivity contribution is -0.160. The van der Waals surface area contributed by atoms with Crippen LogP contribution in [0.15, 0.2) is 29.2 Å². The summed E-state index contributed by atoms with van der Waals surface area (Å²) < 4.78 is 55.1. The maximum Gasteiger partial charge on any atom is 0.309 e. The highest BCUT2D eigenvalue weighted by molar-refractivity contribution is 7.91. The Morgan fingerprint density at radius 2 is 1.74 bits per heavy atom. The maximum atomic E-state index is 12.8. The minimum atomic E-state index is -3.62. The number of esters is 1. The molecule has 31 heavy (non-hydrogen) atoms. The van der Waals surface area contributed by atoms with E-state index in [1.807, 2.05) is 6.92 Å². The van der Waals surface area contributed by atoms with Gasteiger partial charge in [-0.05, 0) is 45.2 Å². The Labute approximate surface area is 183 Å². The highest BCUT2D eigenvalue weighted by Crippen LogP contribution is 2.25. The Kier molecular flexibility index (Phi) is 7.07. The van der Waals surface area contributed by atoms with Gasteiger partial charge in [0.1, 0.15) is 0 Å². The van der Waals surface area contributed by atoms with E-state index < -0.39 is 49.8 Å². The summed E-state index contributed by atoms with van der Waals surface area (Å²) in [7, 11) is -6.74. The molecule has 0 spiro atoms. The molecule has 1 aromatic carbocycles. The van der Waals surface area contributed by atoms with Gasteiger partial charge < -0.3 is 10.1 Å². The largest absolute Gasteiger partial charge is 0.452 e.